The van der Waals surface area contributed by atoms with Crippen LogP contribution in [0.1, 0.15) is 6.42 Å². The molecule has 1 atom stereocenters. The first-order valence-corrected chi connectivity index (χ1v) is 7.06. The van der Waals surface area contributed by atoms with Crippen LogP contribution < -0.4 is 0 Å². The molecule has 0 aromatic rings. The zero-order valence-corrected chi connectivity index (χ0v) is 12.7. The molecule has 1 fully saturated rings. The summed E-state index contributed by atoms with van der Waals surface area (Å²) in [5, 5.41) is 9.24. The monoisotopic (exact) mass is 309 g/mol. The van der Waals surface area contributed by atoms with Gasteiger partial charge < -0.3 is 19.5 Å². The van der Waals surface area contributed by atoms with Gasteiger partial charge >= 0.3 is 5.97 Å². The third-order valence-corrected chi connectivity index (χ3v) is 4.28. The number of carboxylic acid groups (broad SMARTS) is 1. The number of nitrogens with zero attached hydrogens (tertiary/aromatic N) is 1. The zero-order valence-electron chi connectivity index (χ0n) is 10.9. The number of ether oxygens (including phenoxy) is 2. The Bertz CT molecular complexity index is 344. The topological polar surface area (TPSA) is 76.1 Å². The molecule has 1 saturated heterocycles. The van der Waals surface area contributed by atoms with Crippen molar-refractivity contribution in [3.8, 4) is 0 Å². The summed E-state index contributed by atoms with van der Waals surface area (Å²) in [4.78, 5) is 24.9. The lowest BCUT2D eigenvalue weighted by molar-refractivity contribution is -0.197. The highest BCUT2D eigenvalue weighted by atomic mass is 32.1. The van der Waals surface area contributed by atoms with Crippen LogP contribution in [0.2, 0.25) is 0 Å². The molecule has 0 unspecified atom stereocenters. The number of rotatable bonds is 6. The second kappa shape index (κ2) is 6.83. The van der Waals surface area contributed by atoms with Gasteiger partial charge in [-0.25, -0.2) is 4.79 Å². The molecule has 1 heterocycles. The minimum Gasteiger partial charge on any atom is -0.480 e. The fourth-order valence-electron chi connectivity index (χ4n) is 2.12. The first kappa shape index (κ1) is 16.6. The molecule has 19 heavy (non-hydrogen) atoms. The second-order valence-electron chi connectivity index (χ2n) is 4.41. The number of amides is 1. The smallest absolute Gasteiger partial charge is 0.326 e. The maximum atomic E-state index is 12.3. The van der Waals surface area contributed by atoms with E-state index in [4.69, 9.17) is 9.47 Å². The predicted octanol–water partition coefficient (Wildman–Crippen LogP) is 0.137. The average molecular weight is 309 g/mol. The van der Waals surface area contributed by atoms with Crippen molar-refractivity contribution in [2.24, 2.45) is 5.92 Å². The summed E-state index contributed by atoms with van der Waals surface area (Å²) in [7, 11) is 2.87. The molecule has 1 rings (SSSR count). The van der Waals surface area contributed by atoms with Gasteiger partial charge in [-0.1, -0.05) is 0 Å². The number of aliphatic carboxylic acids is 1. The van der Waals surface area contributed by atoms with Crippen molar-refractivity contribution in [1.82, 2.24) is 4.90 Å². The van der Waals surface area contributed by atoms with E-state index in [-0.39, 0.29) is 18.9 Å². The normalized spacial score (nSPS) is 21.9. The zero-order chi connectivity index (χ0) is 14.6. The standard InChI is InChI=1S/C11H19NO5S2/c1-16-11(17-2)3-8(10(14)15)12(6-11)9(13)7(4-18)5-19/h7-8,18-19H,3-6H2,1-2H3,(H,14,15)/t8-/m0/s1. The predicted molar refractivity (Wildman–Crippen MR) is 75.7 cm³/mol. The first-order valence-electron chi connectivity index (χ1n) is 5.80. The van der Waals surface area contributed by atoms with Crippen LogP contribution in [0.15, 0.2) is 0 Å². The van der Waals surface area contributed by atoms with E-state index in [9.17, 15) is 14.7 Å². The van der Waals surface area contributed by atoms with E-state index in [2.05, 4.69) is 25.3 Å². The molecule has 8 heteroatoms. The van der Waals surface area contributed by atoms with Gasteiger partial charge in [0.1, 0.15) is 6.04 Å². The van der Waals surface area contributed by atoms with Crippen molar-refractivity contribution < 1.29 is 24.2 Å². The molecule has 0 aromatic carbocycles. The molecule has 0 saturated carbocycles. The van der Waals surface area contributed by atoms with Crippen molar-refractivity contribution in [2.75, 3.05) is 32.3 Å². The third kappa shape index (κ3) is 3.36. The number of hydrogen-bond donors (Lipinski definition) is 3. The van der Waals surface area contributed by atoms with Crippen LogP contribution in [0.3, 0.4) is 0 Å². The molecule has 0 radical (unpaired) electrons. The molecule has 6 nitrogen and oxygen atoms in total. The minimum atomic E-state index is -1.07. The van der Waals surface area contributed by atoms with Gasteiger partial charge in [0.15, 0.2) is 5.79 Å². The van der Waals surface area contributed by atoms with Crippen LogP contribution in [0.5, 0.6) is 0 Å². The van der Waals surface area contributed by atoms with Crippen molar-refractivity contribution in [3.05, 3.63) is 0 Å². The van der Waals surface area contributed by atoms with E-state index >= 15 is 0 Å². The van der Waals surface area contributed by atoms with Gasteiger partial charge in [0.05, 0.1) is 12.5 Å². The lowest BCUT2D eigenvalue weighted by atomic mass is 10.1. The molecule has 1 N–H and O–H groups in total. The number of carbonyl (C=O) groups is 2. The Morgan fingerprint density at radius 3 is 2.26 bits per heavy atom. The van der Waals surface area contributed by atoms with Gasteiger partial charge in [-0.15, -0.1) is 0 Å². The number of carboxylic acids is 1. The summed E-state index contributed by atoms with van der Waals surface area (Å²) in [6.07, 6.45) is 0.104. The Labute approximate surface area is 123 Å². The summed E-state index contributed by atoms with van der Waals surface area (Å²) in [6.45, 7) is 0.0911. The summed E-state index contributed by atoms with van der Waals surface area (Å²) in [5.74, 6) is -2.19. The first-order chi connectivity index (χ1) is 8.94. The Balaban J connectivity index is 2.97. The lowest BCUT2D eigenvalue weighted by Gasteiger charge is -2.27. The SMILES string of the molecule is COC1(OC)C[C@@H](C(=O)O)N(C(=O)C(CS)CS)C1. The van der Waals surface area contributed by atoms with Gasteiger partial charge in [-0.3, -0.25) is 4.79 Å². The Kier molecular flexibility index (Phi) is 5.97. The quantitative estimate of drug-likeness (QED) is 0.480. The van der Waals surface area contributed by atoms with Gasteiger partial charge in [0.25, 0.3) is 0 Å². The molecule has 0 bridgehead atoms. The summed E-state index contributed by atoms with van der Waals surface area (Å²) < 4.78 is 10.5. The van der Waals surface area contributed by atoms with E-state index in [1.807, 2.05) is 0 Å². The molecule has 0 aliphatic carbocycles. The largest absolute Gasteiger partial charge is 0.480 e. The summed E-state index contributed by atoms with van der Waals surface area (Å²) in [6, 6.07) is -0.949. The van der Waals surface area contributed by atoms with E-state index in [1.54, 1.807) is 0 Å². The molecule has 110 valence electrons. The molecule has 0 spiro atoms. The van der Waals surface area contributed by atoms with Crippen LogP contribution in [0, 0.1) is 5.92 Å². The van der Waals surface area contributed by atoms with Crippen LogP contribution in [-0.2, 0) is 19.1 Å². The fourth-order valence-corrected chi connectivity index (χ4v) is 2.89. The average Bonchev–Trinajstić information content (AvgIpc) is 2.81. The number of thiol groups is 2. The highest BCUT2D eigenvalue weighted by Gasteiger charge is 2.50. The highest BCUT2D eigenvalue weighted by molar-refractivity contribution is 7.81. The minimum absolute atomic E-state index is 0.0911. The Morgan fingerprint density at radius 1 is 1.37 bits per heavy atom. The van der Waals surface area contributed by atoms with Crippen LogP contribution >= 0.6 is 25.3 Å². The van der Waals surface area contributed by atoms with Gasteiger partial charge in [0.2, 0.25) is 5.91 Å². The molecule has 0 aromatic heterocycles. The maximum Gasteiger partial charge on any atom is 0.326 e. The van der Waals surface area contributed by atoms with Crippen LogP contribution in [-0.4, -0.2) is 66.0 Å². The van der Waals surface area contributed by atoms with E-state index in [0.29, 0.717) is 11.5 Å². The van der Waals surface area contributed by atoms with E-state index < -0.39 is 23.7 Å². The van der Waals surface area contributed by atoms with Gasteiger partial charge in [-0.05, 0) is 0 Å². The molecule has 1 aliphatic rings. The van der Waals surface area contributed by atoms with Crippen molar-refractivity contribution in [1.29, 1.82) is 0 Å². The molecular weight excluding hydrogens is 290 g/mol. The third-order valence-electron chi connectivity index (χ3n) is 3.39. The van der Waals surface area contributed by atoms with Crippen molar-refractivity contribution in [2.45, 2.75) is 18.2 Å². The number of hydrogen-bond acceptors (Lipinski definition) is 6. The molecule has 1 aliphatic heterocycles. The number of likely N-dealkylation sites (tertiary alicyclic amines) is 1. The summed E-state index contributed by atoms with van der Waals surface area (Å²) in [5.41, 5.74) is 0. The van der Waals surface area contributed by atoms with E-state index in [0.717, 1.165) is 0 Å². The van der Waals surface area contributed by atoms with Crippen molar-refractivity contribution in [3.63, 3.8) is 0 Å². The van der Waals surface area contributed by atoms with Crippen LogP contribution in [0.25, 0.3) is 0 Å². The molecular formula is C11H19NO5S2. The highest BCUT2D eigenvalue weighted by Crippen LogP contribution is 2.32. The van der Waals surface area contributed by atoms with Crippen molar-refractivity contribution >= 4 is 37.1 Å². The van der Waals surface area contributed by atoms with E-state index in [1.165, 1.54) is 19.1 Å². The molecule has 1 amide bonds. The number of methoxy groups -OCH3 is 2. The summed E-state index contributed by atoms with van der Waals surface area (Å²) >= 11 is 8.18. The fraction of sp³-hybridized carbons (Fsp3) is 0.818. The van der Waals surface area contributed by atoms with Crippen LogP contribution in [0.4, 0.5) is 0 Å². The van der Waals surface area contributed by atoms with Gasteiger partial charge in [0, 0.05) is 32.1 Å². The van der Waals surface area contributed by atoms with Gasteiger partial charge in [-0.2, -0.15) is 25.3 Å². The second-order valence-corrected chi connectivity index (χ2v) is 5.14. The number of carbonyl (C=O) groups excluding carboxylic acids is 1. The Hall–Kier alpha value is -0.440. The lowest BCUT2D eigenvalue weighted by Crippen LogP contribution is -2.45. The maximum absolute atomic E-state index is 12.3. The Morgan fingerprint density at radius 2 is 1.89 bits per heavy atom.